The zero-order chi connectivity index (χ0) is 20.4. The number of piperidine rings is 1. The van der Waals surface area contributed by atoms with E-state index >= 15 is 0 Å². The molecule has 1 saturated heterocycles. The van der Waals surface area contributed by atoms with Crippen LogP contribution in [-0.4, -0.2) is 44.7 Å². The van der Waals surface area contributed by atoms with E-state index in [1.54, 1.807) is 0 Å². The molecule has 158 valence electrons. The minimum atomic E-state index is -0.155. The minimum Gasteiger partial charge on any atom is -0.338 e. The van der Waals surface area contributed by atoms with Crippen molar-refractivity contribution in [2.45, 2.75) is 83.7 Å². The van der Waals surface area contributed by atoms with Crippen molar-refractivity contribution >= 4 is 11.8 Å². The van der Waals surface area contributed by atoms with E-state index in [1.807, 2.05) is 16.7 Å². The predicted octanol–water partition coefficient (Wildman–Crippen LogP) is 2.70. The molecule has 3 heterocycles. The molecule has 2 aliphatic heterocycles. The summed E-state index contributed by atoms with van der Waals surface area (Å²) < 4.78 is 0. The van der Waals surface area contributed by atoms with Gasteiger partial charge < -0.3 is 14.8 Å². The fourth-order valence-electron chi connectivity index (χ4n) is 5.12. The van der Waals surface area contributed by atoms with Crippen LogP contribution < -0.4 is 5.56 Å². The maximum Gasteiger partial charge on any atom is 0.256 e. The summed E-state index contributed by atoms with van der Waals surface area (Å²) in [6, 6.07) is -0.142. The van der Waals surface area contributed by atoms with E-state index < -0.39 is 0 Å². The average molecular weight is 401 g/mol. The number of carbonyl (C=O) groups excluding carboxylic acids is 2. The van der Waals surface area contributed by atoms with Gasteiger partial charge in [-0.2, -0.15) is 0 Å². The molecule has 0 unspecified atom stereocenters. The Morgan fingerprint density at radius 1 is 1.07 bits per heavy atom. The van der Waals surface area contributed by atoms with Crippen molar-refractivity contribution in [3.63, 3.8) is 0 Å². The minimum absolute atomic E-state index is 0.110. The van der Waals surface area contributed by atoms with Crippen molar-refractivity contribution in [1.29, 1.82) is 0 Å². The van der Waals surface area contributed by atoms with E-state index in [4.69, 9.17) is 4.98 Å². The molecule has 2 amide bonds. The molecule has 1 aromatic heterocycles. The molecule has 1 saturated carbocycles. The van der Waals surface area contributed by atoms with Crippen molar-refractivity contribution < 1.29 is 9.59 Å². The summed E-state index contributed by atoms with van der Waals surface area (Å²) in [5.74, 6) is 1.40. The highest BCUT2D eigenvalue weighted by molar-refractivity contribution is 5.77. The zero-order valence-electron chi connectivity index (χ0n) is 17.4. The highest BCUT2D eigenvalue weighted by atomic mass is 16.2. The summed E-state index contributed by atoms with van der Waals surface area (Å²) in [5.41, 5.74) is 1.25. The molecular formula is C22H32N4O3. The van der Waals surface area contributed by atoms with Crippen LogP contribution in [0.1, 0.15) is 87.8 Å². The third kappa shape index (κ3) is 4.23. The Kier molecular flexibility index (Phi) is 6.01. The van der Waals surface area contributed by atoms with Gasteiger partial charge in [0.1, 0.15) is 5.82 Å². The SMILES string of the molecule is CCC(=O)N1CCCC[C@@H]1c1nc2c(c(=O)[nH]1)CN(C(=O)CC1CCCC1)CC2. The second kappa shape index (κ2) is 8.67. The third-order valence-corrected chi connectivity index (χ3v) is 6.82. The topological polar surface area (TPSA) is 86.4 Å². The Morgan fingerprint density at radius 2 is 1.83 bits per heavy atom. The van der Waals surface area contributed by atoms with Crippen LogP contribution in [-0.2, 0) is 22.6 Å². The van der Waals surface area contributed by atoms with Crippen LogP contribution >= 0.6 is 0 Å². The van der Waals surface area contributed by atoms with Gasteiger partial charge in [0, 0.05) is 32.4 Å². The zero-order valence-corrected chi connectivity index (χ0v) is 17.4. The molecule has 29 heavy (non-hydrogen) atoms. The summed E-state index contributed by atoms with van der Waals surface area (Å²) in [4.78, 5) is 49.3. The van der Waals surface area contributed by atoms with Crippen LogP contribution in [0.2, 0.25) is 0 Å². The molecule has 1 aliphatic carbocycles. The number of H-pyrrole nitrogens is 1. The van der Waals surface area contributed by atoms with Crippen LogP contribution in [0.4, 0.5) is 0 Å². The van der Waals surface area contributed by atoms with E-state index in [-0.39, 0.29) is 23.4 Å². The molecule has 7 heteroatoms. The van der Waals surface area contributed by atoms with E-state index in [1.165, 1.54) is 12.8 Å². The number of hydrogen-bond donors (Lipinski definition) is 1. The Balaban J connectivity index is 1.51. The molecule has 1 aromatic rings. The molecule has 1 atom stereocenters. The van der Waals surface area contributed by atoms with Crippen LogP contribution in [0.5, 0.6) is 0 Å². The van der Waals surface area contributed by atoms with E-state index in [0.717, 1.165) is 44.3 Å². The monoisotopic (exact) mass is 400 g/mol. The van der Waals surface area contributed by atoms with Crippen molar-refractivity contribution in [1.82, 2.24) is 19.8 Å². The summed E-state index contributed by atoms with van der Waals surface area (Å²) in [6.45, 7) is 3.57. The van der Waals surface area contributed by atoms with Crippen molar-refractivity contribution in [3.8, 4) is 0 Å². The van der Waals surface area contributed by atoms with Gasteiger partial charge in [0.15, 0.2) is 0 Å². The third-order valence-electron chi connectivity index (χ3n) is 6.82. The number of aromatic nitrogens is 2. The maximum absolute atomic E-state index is 12.8. The number of likely N-dealkylation sites (tertiary alicyclic amines) is 1. The lowest BCUT2D eigenvalue weighted by Gasteiger charge is -2.35. The van der Waals surface area contributed by atoms with Crippen LogP contribution in [0.15, 0.2) is 4.79 Å². The van der Waals surface area contributed by atoms with Crippen LogP contribution in [0, 0.1) is 5.92 Å². The second-order valence-corrected chi connectivity index (χ2v) is 8.75. The van der Waals surface area contributed by atoms with Crippen LogP contribution in [0.25, 0.3) is 0 Å². The number of hydrogen-bond acceptors (Lipinski definition) is 4. The van der Waals surface area contributed by atoms with Crippen molar-refractivity contribution in [2.75, 3.05) is 13.1 Å². The fourth-order valence-corrected chi connectivity index (χ4v) is 5.12. The van der Waals surface area contributed by atoms with Gasteiger partial charge in [-0.05, 0) is 38.0 Å². The van der Waals surface area contributed by atoms with Gasteiger partial charge in [-0.15, -0.1) is 0 Å². The molecule has 7 nitrogen and oxygen atoms in total. The van der Waals surface area contributed by atoms with Gasteiger partial charge in [0.2, 0.25) is 11.8 Å². The fraction of sp³-hybridized carbons (Fsp3) is 0.727. The molecule has 3 aliphatic rings. The molecule has 0 bridgehead atoms. The lowest BCUT2D eigenvalue weighted by Crippen LogP contribution is -2.42. The first kappa shape index (κ1) is 20.1. The Hall–Kier alpha value is -2.18. The summed E-state index contributed by atoms with van der Waals surface area (Å²) in [5, 5.41) is 0. The number of nitrogens with zero attached hydrogens (tertiary/aromatic N) is 3. The van der Waals surface area contributed by atoms with Crippen molar-refractivity contribution in [3.05, 3.63) is 27.4 Å². The molecule has 0 spiro atoms. The van der Waals surface area contributed by atoms with Gasteiger partial charge >= 0.3 is 0 Å². The number of carbonyl (C=O) groups is 2. The number of aromatic amines is 1. The summed E-state index contributed by atoms with van der Waals surface area (Å²) >= 11 is 0. The lowest BCUT2D eigenvalue weighted by atomic mass is 9.99. The van der Waals surface area contributed by atoms with Gasteiger partial charge in [0.05, 0.1) is 23.8 Å². The number of amides is 2. The molecule has 4 rings (SSSR count). The van der Waals surface area contributed by atoms with E-state index in [2.05, 4.69) is 4.98 Å². The first-order valence-electron chi connectivity index (χ1n) is 11.3. The Morgan fingerprint density at radius 3 is 2.59 bits per heavy atom. The van der Waals surface area contributed by atoms with Gasteiger partial charge in [-0.1, -0.05) is 19.8 Å². The maximum atomic E-state index is 12.8. The first-order chi connectivity index (χ1) is 14.1. The van der Waals surface area contributed by atoms with Crippen LogP contribution in [0.3, 0.4) is 0 Å². The molecule has 0 radical (unpaired) electrons. The normalized spacial score (nSPS) is 22.6. The Bertz CT molecular complexity index is 828. The average Bonchev–Trinajstić information content (AvgIpc) is 3.26. The standard InChI is InChI=1S/C22H32N4O3/c1-2-19(27)26-11-6-5-9-18(26)21-23-17-10-12-25(14-16(17)22(29)24-21)20(28)13-15-7-3-4-8-15/h15,18H,2-14H2,1H3,(H,23,24,29)/t18-/m1/s1. The number of fused-ring (bicyclic) bond motifs is 1. The first-order valence-corrected chi connectivity index (χ1v) is 11.3. The molecular weight excluding hydrogens is 368 g/mol. The highest BCUT2D eigenvalue weighted by Crippen LogP contribution is 2.31. The molecule has 1 N–H and O–H groups in total. The molecule has 0 aromatic carbocycles. The quantitative estimate of drug-likeness (QED) is 0.842. The summed E-state index contributed by atoms with van der Waals surface area (Å²) in [7, 11) is 0. The molecule has 2 fully saturated rings. The number of rotatable bonds is 4. The lowest BCUT2D eigenvalue weighted by molar-refractivity contribution is -0.135. The van der Waals surface area contributed by atoms with Gasteiger partial charge in [-0.25, -0.2) is 4.98 Å². The van der Waals surface area contributed by atoms with Gasteiger partial charge in [-0.3, -0.25) is 14.4 Å². The largest absolute Gasteiger partial charge is 0.338 e. The van der Waals surface area contributed by atoms with Gasteiger partial charge in [0.25, 0.3) is 5.56 Å². The second-order valence-electron chi connectivity index (χ2n) is 8.75. The highest BCUT2D eigenvalue weighted by Gasteiger charge is 2.32. The van der Waals surface area contributed by atoms with E-state index in [0.29, 0.717) is 49.7 Å². The smallest absolute Gasteiger partial charge is 0.256 e. The summed E-state index contributed by atoms with van der Waals surface area (Å²) in [6.07, 6.45) is 9.29. The predicted molar refractivity (Wildman–Crippen MR) is 109 cm³/mol. The van der Waals surface area contributed by atoms with Crippen molar-refractivity contribution in [2.24, 2.45) is 5.92 Å². The Labute approximate surface area is 171 Å². The van der Waals surface area contributed by atoms with E-state index in [9.17, 15) is 14.4 Å². The number of nitrogens with one attached hydrogen (secondary N) is 1.